The van der Waals surface area contributed by atoms with Crippen molar-refractivity contribution in [1.29, 1.82) is 0 Å². The highest BCUT2D eigenvalue weighted by molar-refractivity contribution is 6.48. The Morgan fingerprint density at radius 3 is 2.58 bits per heavy atom. The molecule has 1 unspecified atom stereocenters. The first-order valence-electron chi connectivity index (χ1n) is 14.8. The monoisotopic (exact) mass is 634 g/mol. The Morgan fingerprint density at radius 1 is 1.21 bits per heavy atom. The minimum atomic E-state index is -0.717. The molecule has 5 atom stereocenters. The SMILES string of the molecule is COc1c(CC(NC(=O)Cn2nnc(CCl)c2CCl)B2O[C@@H]3C[C@@H]4C[C@@H](C4(C)C)[C@]3(C)O2)cccc1C(=O)OC(C)(C)C. The summed E-state index contributed by atoms with van der Waals surface area (Å²) in [6, 6.07) is 5.32. The van der Waals surface area contributed by atoms with Gasteiger partial charge < -0.3 is 24.1 Å². The number of methoxy groups -OCH3 is 1. The summed E-state index contributed by atoms with van der Waals surface area (Å²) < 4.78 is 26.2. The number of ether oxygens (including phenoxy) is 2. The minimum absolute atomic E-state index is 0.0758. The molecular formula is C30H41BCl2N4O6. The lowest BCUT2D eigenvalue weighted by atomic mass is 9.43. The molecule has 1 amide bonds. The molecule has 1 aromatic heterocycles. The molecule has 1 saturated heterocycles. The molecule has 10 nitrogen and oxygen atoms in total. The zero-order valence-electron chi connectivity index (χ0n) is 25.9. The lowest BCUT2D eigenvalue weighted by molar-refractivity contribution is -0.199. The van der Waals surface area contributed by atoms with Gasteiger partial charge in [0, 0.05) is 0 Å². The van der Waals surface area contributed by atoms with E-state index in [4.69, 9.17) is 42.0 Å². The zero-order valence-corrected chi connectivity index (χ0v) is 27.4. The third kappa shape index (κ3) is 6.02. The predicted molar refractivity (Wildman–Crippen MR) is 163 cm³/mol. The average Bonchev–Trinajstić information content (AvgIpc) is 3.50. The number of carbonyl (C=O) groups is 2. The first-order chi connectivity index (χ1) is 20.2. The van der Waals surface area contributed by atoms with Crippen molar-refractivity contribution in [2.24, 2.45) is 17.3 Å². The number of benzene rings is 1. The van der Waals surface area contributed by atoms with Gasteiger partial charge in [0.1, 0.15) is 29.2 Å². The Labute approximate surface area is 263 Å². The Balaban J connectivity index is 1.43. The van der Waals surface area contributed by atoms with Gasteiger partial charge in [-0.25, -0.2) is 9.48 Å². The second-order valence-corrected chi connectivity index (χ2v) is 14.2. The maximum atomic E-state index is 13.5. The quantitative estimate of drug-likeness (QED) is 0.227. The number of rotatable bonds is 10. The fraction of sp³-hybridized carbons (Fsp3) is 0.667. The van der Waals surface area contributed by atoms with Crippen molar-refractivity contribution in [2.45, 2.75) is 102 Å². The molecular weight excluding hydrogens is 594 g/mol. The Bertz CT molecular complexity index is 1380. The maximum absolute atomic E-state index is 13.5. The van der Waals surface area contributed by atoms with Gasteiger partial charge in [0.15, 0.2) is 0 Å². The number of esters is 1. The zero-order chi connectivity index (χ0) is 31.3. The molecule has 3 saturated carbocycles. The van der Waals surface area contributed by atoms with Crippen LogP contribution in [0, 0.1) is 17.3 Å². The molecule has 0 spiro atoms. The lowest BCUT2D eigenvalue weighted by Crippen LogP contribution is -2.65. The van der Waals surface area contributed by atoms with Gasteiger partial charge in [-0.1, -0.05) is 31.2 Å². The van der Waals surface area contributed by atoms with E-state index in [9.17, 15) is 9.59 Å². The number of carbonyl (C=O) groups excluding carboxylic acids is 2. The van der Waals surface area contributed by atoms with Gasteiger partial charge in [0.25, 0.3) is 0 Å². The third-order valence-electron chi connectivity index (χ3n) is 9.47. The Hall–Kier alpha value is -2.34. The van der Waals surface area contributed by atoms with Gasteiger partial charge in [-0.05, 0) is 75.8 Å². The van der Waals surface area contributed by atoms with E-state index in [1.807, 2.05) is 26.8 Å². The van der Waals surface area contributed by atoms with Gasteiger partial charge in [-0.3, -0.25) is 4.79 Å². The van der Waals surface area contributed by atoms with Crippen molar-refractivity contribution in [3.05, 3.63) is 40.7 Å². The largest absolute Gasteiger partial charge is 0.496 e. The number of alkyl halides is 2. The van der Waals surface area contributed by atoms with E-state index in [0.717, 1.165) is 12.8 Å². The van der Waals surface area contributed by atoms with E-state index in [-0.39, 0.29) is 42.2 Å². The van der Waals surface area contributed by atoms with Crippen LogP contribution >= 0.6 is 23.2 Å². The molecule has 2 aromatic rings. The molecule has 0 radical (unpaired) electrons. The molecule has 4 fully saturated rings. The highest BCUT2D eigenvalue weighted by Gasteiger charge is 2.68. The second kappa shape index (κ2) is 11.9. The van der Waals surface area contributed by atoms with Gasteiger partial charge >= 0.3 is 13.1 Å². The van der Waals surface area contributed by atoms with Crippen LogP contribution in [0.5, 0.6) is 5.75 Å². The molecule has 43 heavy (non-hydrogen) atoms. The number of amides is 1. The summed E-state index contributed by atoms with van der Waals surface area (Å²) >= 11 is 12.1. The number of hydrogen-bond donors (Lipinski definition) is 1. The average molecular weight is 635 g/mol. The van der Waals surface area contributed by atoms with Crippen LogP contribution in [0.4, 0.5) is 0 Å². The smallest absolute Gasteiger partial charge is 0.482 e. The van der Waals surface area contributed by atoms with Crippen LogP contribution in [0.25, 0.3) is 0 Å². The molecule has 4 aliphatic rings. The van der Waals surface area contributed by atoms with Gasteiger partial charge in [-0.15, -0.1) is 28.3 Å². The Morgan fingerprint density at radius 2 is 1.95 bits per heavy atom. The van der Waals surface area contributed by atoms with E-state index in [0.29, 0.717) is 40.1 Å². The third-order valence-corrected chi connectivity index (χ3v) is 9.97. The van der Waals surface area contributed by atoms with Gasteiger partial charge in [0.2, 0.25) is 5.91 Å². The van der Waals surface area contributed by atoms with E-state index in [1.54, 1.807) is 12.1 Å². The molecule has 234 valence electrons. The van der Waals surface area contributed by atoms with Crippen LogP contribution in [0.1, 0.15) is 81.7 Å². The number of halogens is 2. The highest BCUT2D eigenvalue weighted by Crippen LogP contribution is 2.65. The number of nitrogens with one attached hydrogen (secondary N) is 1. The molecule has 3 aliphatic carbocycles. The minimum Gasteiger partial charge on any atom is -0.496 e. The van der Waals surface area contributed by atoms with E-state index < -0.39 is 30.2 Å². The summed E-state index contributed by atoms with van der Waals surface area (Å²) in [5.74, 6) is 0.161. The second-order valence-electron chi connectivity index (χ2n) is 13.6. The fourth-order valence-corrected chi connectivity index (χ4v) is 7.64. The predicted octanol–water partition coefficient (Wildman–Crippen LogP) is 4.71. The summed E-state index contributed by atoms with van der Waals surface area (Å²) in [5.41, 5.74) is 1.15. The van der Waals surface area contributed by atoms with Crippen LogP contribution < -0.4 is 10.1 Å². The summed E-state index contributed by atoms with van der Waals surface area (Å²) in [7, 11) is 0.798. The molecule has 1 N–H and O–H groups in total. The van der Waals surface area contributed by atoms with Crippen molar-refractivity contribution < 1.29 is 28.4 Å². The van der Waals surface area contributed by atoms with Crippen LogP contribution in [-0.2, 0) is 43.6 Å². The molecule has 2 heterocycles. The number of hydrogen-bond acceptors (Lipinski definition) is 8. The fourth-order valence-electron chi connectivity index (χ4n) is 7.14. The van der Waals surface area contributed by atoms with E-state index in [2.05, 4.69) is 36.4 Å². The lowest BCUT2D eigenvalue weighted by Gasteiger charge is -2.64. The van der Waals surface area contributed by atoms with Gasteiger partial charge in [0.05, 0.1) is 42.2 Å². The summed E-state index contributed by atoms with van der Waals surface area (Å²) in [6.07, 6.45) is 2.22. The first kappa shape index (κ1) is 32.1. The number of nitrogens with zero attached hydrogens (tertiary/aromatic N) is 3. The van der Waals surface area contributed by atoms with E-state index in [1.165, 1.54) is 11.8 Å². The standard InChI is InChI=1S/C30H41BCl2N4O6/c1-28(2,3)41-27(39)19-10-8-9-17(26(19)40-7)11-24(34-25(38)16-37-21(15-33)20(14-32)35-36-37)31-42-23-13-18-12-22(29(18,4)5)30(23,6)43-31/h8-10,18,22-24H,11-16H2,1-7H3,(H,34,38)/t18-,22-,23+,24?,30-/m0/s1. The maximum Gasteiger partial charge on any atom is 0.482 e. The normalized spacial score (nSPS) is 26.3. The van der Waals surface area contributed by atoms with Crippen molar-refractivity contribution in [2.75, 3.05) is 7.11 Å². The van der Waals surface area contributed by atoms with Gasteiger partial charge in [-0.2, -0.15) is 0 Å². The van der Waals surface area contributed by atoms with Crippen molar-refractivity contribution in [3.63, 3.8) is 0 Å². The van der Waals surface area contributed by atoms with E-state index >= 15 is 0 Å². The van der Waals surface area contributed by atoms with Crippen LogP contribution in [0.3, 0.4) is 0 Å². The first-order valence-corrected chi connectivity index (χ1v) is 15.8. The molecule has 13 heteroatoms. The van der Waals surface area contributed by atoms with Crippen LogP contribution in [0.2, 0.25) is 0 Å². The summed E-state index contributed by atoms with van der Waals surface area (Å²) in [4.78, 5) is 26.6. The Kier molecular flexibility index (Phi) is 8.86. The molecule has 6 rings (SSSR count). The van der Waals surface area contributed by atoms with Crippen molar-refractivity contribution >= 4 is 42.2 Å². The molecule has 1 aromatic carbocycles. The topological polar surface area (TPSA) is 114 Å². The summed E-state index contributed by atoms with van der Waals surface area (Å²) in [5, 5.41) is 11.3. The number of aromatic nitrogens is 3. The number of para-hydroxylation sites is 1. The molecule has 2 bridgehead atoms. The molecule has 1 aliphatic heterocycles. The van der Waals surface area contributed by atoms with Crippen molar-refractivity contribution in [3.8, 4) is 5.75 Å². The van der Waals surface area contributed by atoms with Crippen LogP contribution in [0.15, 0.2) is 18.2 Å². The van der Waals surface area contributed by atoms with Crippen molar-refractivity contribution in [1.82, 2.24) is 20.3 Å². The van der Waals surface area contributed by atoms with Crippen LogP contribution in [-0.4, -0.2) is 64.3 Å². The highest BCUT2D eigenvalue weighted by atomic mass is 35.5. The summed E-state index contributed by atoms with van der Waals surface area (Å²) in [6.45, 7) is 12.1.